The van der Waals surface area contributed by atoms with Crippen molar-refractivity contribution in [3.63, 3.8) is 0 Å². The lowest BCUT2D eigenvalue weighted by molar-refractivity contribution is -0.133. The lowest BCUT2D eigenvalue weighted by Crippen LogP contribution is -2.36. The molecule has 2 aromatic rings. The standard InChI is InChI=1S/C16H24N6O3/c1-11-5-13(18-25-11)7-22-6-12(9-24-10-15(23)20(2)3)16-14(8-22)17-19-21(16)4/h5,12H,6-10H2,1-4H3/t12-/m0/s1. The zero-order valence-corrected chi connectivity index (χ0v) is 15.1. The second-order valence-corrected chi connectivity index (χ2v) is 6.64. The summed E-state index contributed by atoms with van der Waals surface area (Å²) in [7, 11) is 5.33. The summed E-state index contributed by atoms with van der Waals surface area (Å²) in [5, 5.41) is 12.5. The quantitative estimate of drug-likeness (QED) is 0.742. The summed E-state index contributed by atoms with van der Waals surface area (Å²) in [6.45, 7) is 4.58. The van der Waals surface area contributed by atoms with Crippen LogP contribution < -0.4 is 0 Å². The Balaban J connectivity index is 1.67. The number of amides is 1. The highest BCUT2D eigenvalue weighted by Crippen LogP contribution is 2.27. The normalized spacial score (nSPS) is 17.5. The molecule has 9 nitrogen and oxygen atoms in total. The molecule has 2 aromatic heterocycles. The Labute approximate surface area is 146 Å². The van der Waals surface area contributed by atoms with Crippen molar-refractivity contribution in [3.8, 4) is 0 Å². The van der Waals surface area contributed by atoms with Gasteiger partial charge < -0.3 is 14.2 Å². The third-order valence-corrected chi connectivity index (χ3v) is 4.29. The van der Waals surface area contributed by atoms with E-state index in [9.17, 15) is 4.79 Å². The number of aryl methyl sites for hydroxylation is 2. The van der Waals surface area contributed by atoms with Gasteiger partial charge in [-0.3, -0.25) is 14.4 Å². The molecule has 0 spiro atoms. The Hall–Kier alpha value is -2.26. The molecule has 9 heteroatoms. The van der Waals surface area contributed by atoms with Gasteiger partial charge in [0.1, 0.15) is 18.1 Å². The molecule has 3 heterocycles. The summed E-state index contributed by atoms with van der Waals surface area (Å²) in [6, 6.07) is 1.94. The van der Waals surface area contributed by atoms with E-state index in [0.717, 1.165) is 29.4 Å². The first-order valence-corrected chi connectivity index (χ1v) is 8.25. The molecule has 0 saturated heterocycles. The van der Waals surface area contributed by atoms with E-state index in [1.165, 1.54) is 4.90 Å². The van der Waals surface area contributed by atoms with Crippen molar-refractivity contribution in [1.29, 1.82) is 0 Å². The average molecular weight is 348 g/mol. The van der Waals surface area contributed by atoms with Gasteiger partial charge in [0.15, 0.2) is 0 Å². The lowest BCUT2D eigenvalue weighted by atomic mass is 9.99. The van der Waals surface area contributed by atoms with E-state index < -0.39 is 0 Å². The van der Waals surface area contributed by atoms with Crippen LogP contribution >= 0.6 is 0 Å². The fourth-order valence-electron chi connectivity index (χ4n) is 3.09. The van der Waals surface area contributed by atoms with Crippen LogP contribution in [0.2, 0.25) is 0 Å². The number of rotatable bonds is 6. The lowest BCUT2D eigenvalue weighted by Gasteiger charge is -2.31. The minimum atomic E-state index is -0.0471. The van der Waals surface area contributed by atoms with Gasteiger partial charge in [-0.05, 0) is 6.92 Å². The molecule has 0 aliphatic carbocycles. The molecule has 1 aliphatic rings. The van der Waals surface area contributed by atoms with Crippen LogP contribution in [0.5, 0.6) is 0 Å². The molecule has 136 valence electrons. The number of hydrogen-bond acceptors (Lipinski definition) is 7. The van der Waals surface area contributed by atoms with Gasteiger partial charge in [-0.2, -0.15) is 0 Å². The van der Waals surface area contributed by atoms with Crippen molar-refractivity contribution in [1.82, 2.24) is 30.0 Å². The van der Waals surface area contributed by atoms with Gasteiger partial charge in [0.2, 0.25) is 5.91 Å². The maximum Gasteiger partial charge on any atom is 0.248 e. The molecule has 0 unspecified atom stereocenters. The van der Waals surface area contributed by atoms with Crippen molar-refractivity contribution in [2.24, 2.45) is 7.05 Å². The van der Waals surface area contributed by atoms with Gasteiger partial charge >= 0.3 is 0 Å². The summed E-state index contributed by atoms with van der Waals surface area (Å²) in [5.41, 5.74) is 2.92. The molecule has 0 saturated carbocycles. The van der Waals surface area contributed by atoms with Gasteiger partial charge in [-0.15, -0.1) is 5.10 Å². The molecule has 0 fully saturated rings. The first kappa shape index (κ1) is 17.6. The molecule has 25 heavy (non-hydrogen) atoms. The summed E-state index contributed by atoms with van der Waals surface area (Å²) < 4.78 is 12.6. The largest absolute Gasteiger partial charge is 0.371 e. The summed E-state index contributed by atoms with van der Waals surface area (Å²) in [6.07, 6.45) is 0. The van der Waals surface area contributed by atoms with Gasteiger partial charge in [-0.25, -0.2) is 0 Å². The van der Waals surface area contributed by atoms with Gasteiger partial charge in [0, 0.05) is 52.8 Å². The van der Waals surface area contributed by atoms with E-state index >= 15 is 0 Å². The summed E-state index contributed by atoms with van der Waals surface area (Å²) >= 11 is 0. The topological polar surface area (TPSA) is 89.5 Å². The van der Waals surface area contributed by atoms with Crippen molar-refractivity contribution in [3.05, 3.63) is 28.9 Å². The van der Waals surface area contributed by atoms with Gasteiger partial charge in [-0.1, -0.05) is 10.4 Å². The number of hydrogen-bond donors (Lipinski definition) is 0. The van der Waals surface area contributed by atoms with Crippen molar-refractivity contribution in [2.75, 3.05) is 33.9 Å². The van der Waals surface area contributed by atoms with Crippen LogP contribution in [0, 0.1) is 6.92 Å². The molecule has 0 bridgehead atoms. The first-order valence-electron chi connectivity index (χ1n) is 8.25. The smallest absolute Gasteiger partial charge is 0.248 e. The SMILES string of the molecule is Cc1cc(CN2Cc3nnn(C)c3[C@H](COCC(=O)N(C)C)C2)no1. The van der Waals surface area contributed by atoms with Crippen LogP contribution in [-0.2, 0) is 29.7 Å². The number of nitrogens with zero attached hydrogens (tertiary/aromatic N) is 6. The molecule has 3 rings (SSSR count). The van der Waals surface area contributed by atoms with Crippen molar-refractivity contribution in [2.45, 2.75) is 25.9 Å². The average Bonchev–Trinajstić information content (AvgIpc) is 3.13. The second kappa shape index (κ2) is 7.32. The van der Waals surface area contributed by atoms with E-state index in [1.54, 1.807) is 18.8 Å². The molecule has 0 aromatic carbocycles. The Morgan fingerprint density at radius 3 is 2.96 bits per heavy atom. The summed E-state index contributed by atoms with van der Waals surface area (Å²) in [5.74, 6) is 0.857. The predicted molar refractivity (Wildman–Crippen MR) is 88.6 cm³/mol. The third kappa shape index (κ3) is 4.05. The predicted octanol–water partition coefficient (Wildman–Crippen LogP) is 0.316. The van der Waals surface area contributed by atoms with Crippen LogP contribution in [0.25, 0.3) is 0 Å². The maximum atomic E-state index is 11.7. The first-order chi connectivity index (χ1) is 11.9. The van der Waals surface area contributed by atoms with Gasteiger partial charge in [0.05, 0.1) is 18.0 Å². The zero-order chi connectivity index (χ0) is 18.0. The second-order valence-electron chi connectivity index (χ2n) is 6.64. The fourth-order valence-corrected chi connectivity index (χ4v) is 3.09. The molecule has 1 atom stereocenters. The van der Waals surface area contributed by atoms with E-state index in [-0.39, 0.29) is 18.4 Å². The van der Waals surface area contributed by atoms with Crippen LogP contribution in [0.3, 0.4) is 0 Å². The number of ether oxygens (including phenoxy) is 1. The highest BCUT2D eigenvalue weighted by atomic mass is 16.5. The van der Waals surface area contributed by atoms with Crippen LogP contribution in [0.15, 0.2) is 10.6 Å². The van der Waals surface area contributed by atoms with Crippen LogP contribution in [-0.4, -0.2) is 69.7 Å². The number of carbonyl (C=O) groups is 1. The number of aromatic nitrogens is 4. The van der Waals surface area contributed by atoms with Crippen LogP contribution in [0.1, 0.15) is 28.8 Å². The minimum absolute atomic E-state index is 0.0471. The monoisotopic (exact) mass is 348 g/mol. The van der Waals surface area contributed by atoms with Gasteiger partial charge in [0.25, 0.3) is 0 Å². The van der Waals surface area contributed by atoms with E-state index in [4.69, 9.17) is 9.26 Å². The van der Waals surface area contributed by atoms with E-state index in [1.807, 2.05) is 20.0 Å². The highest BCUT2D eigenvalue weighted by Gasteiger charge is 2.30. The molecule has 1 amide bonds. The maximum absolute atomic E-state index is 11.7. The third-order valence-electron chi connectivity index (χ3n) is 4.29. The van der Waals surface area contributed by atoms with E-state index in [2.05, 4.69) is 20.4 Å². The highest BCUT2D eigenvalue weighted by molar-refractivity contribution is 5.76. The fraction of sp³-hybridized carbons (Fsp3) is 0.625. The Morgan fingerprint density at radius 1 is 1.48 bits per heavy atom. The molecular weight excluding hydrogens is 324 g/mol. The number of fused-ring (bicyclic) bond motifs is 1. The van der Waals surface area contributed by atoms with Crippen molar-refractivity contribution < 1.29 is 14.1 Å². The Kier molecular flexibility index (Phi) is 5.14. The minimum Gasteiger partial charge on any atom is -0.371 e. The Bertz CT molecular complexity index is 738. The molecule has 1 aliphatic heterocycles. The zero-order valence-electron chi connectivity index (χ0n) is 15.1. The van der Waals surface area contributed by atoms with E-state index in [0.29, 0.717) is 19.7 Å². The Morgan fingerprint density at radius 2 is 2.28 bits per heavy atom. The molecular formula is C16H24N6O3. The molecule has 0 radical (unpaired) electrons. The van der Waals surface area contributed by atoms with Crippen molar-refractivity contribution >= 4 is 5.91 Å². The summed E-state index contributed by atoms with van der Waals surface area (Å²) in [4.78, 5) is 15.5. The van der Waals surface area contributed by atoms with Crippen LogP contribution in [0.4, 0.5) is 0 Å². The number of carbonyl (C=O) groups excluding carboxylic acids is 1. The number of likely N-dealkylation sites (N-methyl/N-ethyl adjacent to an activating group) is 1. The molecule has 0 N–H and O–H groups in total.